The van der Waals surface area contributed by atoms with Crippen LogP contribution in [0.15, 0.2) is 18.5 Å². The summed E-state index contributed by atoms with van der Waals surface area (Å²) in [5, 5.41) is 0. The van der Waals surface area contributed by atoms with Gasteiger partial charge in [0.1, 0.15) is 0 Å². The fraction of sp³-hybridized carbons (Fsp3) is 0.545. The molecule has 1 heterocycles. The van der Waals surface area contributed by atoms with Crippen molar-refractivity contribution in [2.45, 2.75) is 26.8 Å². The van der Waals surface area contributed by atoms with Gasteiger partial charge in [-0.25, -0.2) is 0 Å². The molecule has 0 atom stereocenters. The molecule has 0 unspecified atom stereocenters. The molecule has 0 spiro atoms. The molecule has 0 aliphatic rings. The smallest absolute Gasteiger partial charge is 0.351 e. The van der Waals surface area contributed by atoms with Crippen LogP contribution in [-0.2, 0) is 11.3 Å². The first kappa shape index (κ1) is 13.8. The van der Waals surface area contributed by atoms with Gasteiger partial charge in [0.05, 0.1) is 6.61 Å². The van der Waals surface area contributed by atoms with E-state index in [1.54, 1.807) is 26.1 Å². The Balaban J connectivity index is 2.49. The van der Waals surface area contributed by atoms with E-state index in [1.807, 2.05) is 0 Å². The van der Waals surface area contributed by atoms with E-state index in [1.165, 1.54) is 10.8 Å². The number of hydrogen-bond acceptors (Lipinski definition) is 2. The van der Waals surface area contributed by atoms with E-state index in [9.17, 15) is 18.0 Å². The summed E-state index contributed by atoms with van der Waals surface area (Å²) in [6.07, 6.45) is -1.51. The molecular weight excluding hydrogens is 235 g/mol. The van der Waals surface area contributed by atoms with Gasteiger partial charge in [-0.05, 0) is 6.07 Å². The van der Waals surface area contributed by atoms with Crippen LogP contribution in [0.25, 0.3) is 0 Å². The van der Waals surface area contributed by atoms with Gasteiger partial charge >= 0.3 is 6.36 Å². The highest BCUT2D eigenvalue weighted by molar-refractivity contribution is 5.97. The van der Waals surface area contributed by atoms with E-state index in [2.05, 4.69) is 4.74 Å². The van der Waals surface area contributed by atoms with Crippen LogP contribution in [0.3, 0.4) is 0 Å². The van der Waals surface area contributed by atoms with Gasteiger partial charge in [0.15, 0.2) is 5.78 Å². The van der Waals surface area contributed by atoms with Gasteiger partial charge in [-0.2, -0.15) is 0 Å². The Bertz CT molecular complexity index is 382. The highest BCUT2D eigenvalue weighted by Gasteiger charge is 2.28. The number of alkyl halides is 3. The first-order valence-corrected chi connectivity index (χ1v) is 5.20. The molecule has 0 aliphatic carbocycles. The molecule has 1 rings (SSSR count). The summed E-state index contributed by atoms with van der Waals surface area (Å²) in [5.41, 5.74) is 0.506. The zero-order chi connectivity index (χ0) is 13.1. The lowest BCUT2D eigenvalue weighted by atomic mass is 10.0. The topological polar surface area (TPSA) is 31.2 Å². The number of hydrogen-bond donors (Lipinski definition) is 0. The SMILES string of the molecule is CC(C)C(=O)c1ccn(CCOC(F)(F)F)c1. The minimum Gasteiger partial charge on any atom is -0.351 e. The quantitative estimate of drug-likeness (QED) is 0.751. The molecule has 0 saturated heterocycles. The second-order valence-corrected chi connectivity index (χ2v) is 3.95. The molecule has 0 aromatic carbocycles. The maximum Gasteiger partial charge on any atom is 0.522 e. The standard InChI is InChI=1S/C11H14F3NO2/c1-8(2)10(16)9-3-4-15(7-9)5-6-17-11(12,13)14/h3-4,7-8H,5-6H2,1-2H3. The predicted molar refractivity (Wildman–Crippen MR) is 55.6 cm³/mol. The van der Waals surface area contributed by atoms with Crippen LogP contribution in [0, 0.1) is 5.92 Å². The van der Waals surface area contributed by atoms with Crippen LogP contribution in [0.1, 0.15) is 24.2 Å². The van der Waals surface area contributed by atoms with Crippen LogP contribution in [-0.4, -0.2) is 23.3 Å². The second kappa shape index (κ2) is 5.35. The third kappa shape index (κ3) is 4.60. The van der Waals surface area contributed by atoms with Gasteiger partial charge in [0.25, 0.3) is 0 Å². The minimum atomic E-state index is -4.61. The van der Waals surface area contributed by atoms with Crippen LogP contribution in [0.4, 0.5) is 13.2 Å². The Kier molecular flexibility index (Phi) is 4.34. The van der Waals surface area contributed by atoms with Crippen LogP contribution < -0.4 is 0 Å². The van der Waals surface area contributed by atoms with E-state index in [-0.39, 0.29) is 18.2 Å². The summed E-state index contributed by atoms with van der Waals surface area (Å²) in [7, 11) is 0. The normalized spacial score (nSPS) is 12.1. The lowest BCUT2D eigenvalue weighted by Crippen LogP contribution is -2.17. The Morgan fingerprint density at radius 2 is 2.12 bits per heavy atom. The number of aromatic nitrogens is 1. The van der Waals surface area contributed by atoms with Crippen LogP contribution in [0.2, 0.25) is 0 Å². The molecule has 17 heavy (non-hydrogen) atoms. The largest absolute Gasteiger partial charge is 0.522 e. The number of Topliss-reactive ketones (excluding diaryl/α,β-unsaturated/α-hetero) is 1. The van der Waals surface area contributed by atoms with Crippen molar-refractivity contribution in [1.82, 2.24) is 4.57 Å². The minimum absolute atomic E-state index is 0.0273. The maximum absolute atomic E-state index is 11.7. The van der Waals surface area contributed by atoms with Gasteiger partial charge in [0.2, 0.25) is 0 Å². The number of rotatable bonds is 5. The fourth-order valence-electron chi connectivity index (χ4n) is 1.33. The number of carbonyl (C=O) groups excluding carboxylic acids is 1. The Hall–Kier alpha value is -1.30. The van der Waals surface area contributed by atoms with Crippen molar-refractivity contribution in [3.63, 3.8) is 0 Å². The Morgan fingerprint density at radius 1 is 1.47 bits per heavy atom. The van der Waals surface area contributed by atoms with Crippen molar-refractivity contribution in [2.24, 2.45) is 5.92 Å². The van der Waals surface area contributed by atoms with Crippen LogP contribution >= 0.6 is 0 Å². The van der Waals surface area contributed by atoms with E-state index in [4.69, 9.17) is 0 Å². The molecule has 0 aliphatic heterocycles. The zero-order valence-corrected chi connectivity index (χ0v) is 9.62. The average molecular weight is 249 g/mol. The van der Waals surface area contributed by atoms with Gasteiger partial charge in [0, 0.05) is 30.4 Å². The fourth-order valence-corrected chi connectivity index (χ4v) is 1.33. The molecule has 0 bridgehead atoms. The molecule has 3 nitrogen and oxygen atoms in total. The number of halogens is 3. The van der Waals surface area contributed by atoms with Gasteiger partial charge < -0.3 is 4.57 Å². The molecule has 6 heteroatoms. The third-order valence-electron chi connectivity index (χ3n) is 2.17. The van der Waals surface area contributed by atoms with Crippen molar-refractivity contribution in [2.75, 3.05) is 6.61 Å². The Morgan fingerprint density at radius 3 is 2.65 bits per heavy atom. The number of ether oxygens (including phenoxy) is 1. The first-order valence-electron chi connectivity index (χ1n) is 5.20. The highest BCUT2D eigenvalue weighted by Crippen LogP contribution is 2.16. The van der Waals surface area contributed by atoms with E-state index < -0.39 is 13.0 Å². The third-order valence-corrected chi connectivity index (χ3v) is 2.17. The molecule has 0 fully saturated rings. The average Bonchev–Trinajstić information content (AvgIpc) is 2.63. The van der Waals surface area contributed by atoms with E-state index >= 15 is 0 Å². The molecule has 1 aromatic rings. The second-order valence-electron chi connectivity index (χ2n) is 3.95. The maximum atomic E-state index is 11.7. The molecular formula is C11H14F3NO2. The van der Waals surface area contributed by atoms with Crippen molar-refractivity contribution in [3.8, 4) is 0 Å². The molecule has 1 aromatic heterocycles. The summed E-state index contributed by atoms with van der Waals surface area (Å²) >= 11 is 0. The lowest BCUT2D eigenvalue weighted by Gasteiger charge is -2.07. The summed E-state index contributed by atoms with van der Waals surface area (Å²) in [6.45, 7) is 3.14. The molecule has 0 radical (unpaired) electrons. The monoisotopic (exact) mass is 249 g/mol. The Labute approximate surface area is 97.2 Å². The number of carbonyl (C=O) groups is 1. The van der Waals surface area contributed by atoms with E-state index in [0.717, 1.165) is 0 Å². The van der Waals surface area contributed by atoms with E-state index in [0.29, 0.717) is 5.56 Å². The highest BCUT2D eigenvalue weighted by atomic mass is 19.4. The van der Waals surface area contributed by atoms with Crippen LogP contribution in [0.5, 0.6) is 0 Å². The molecule has 0 saturated carbocycles. The molecule has 96 valence electrons. The zero-order valence-electron chi connectivity index (χ0n) is 9.62. The molecule has 0 amide bonds. The molecule has 0 N–H and O–H groups in total. The summed E-state index contributed by atoms with van der Waals surface area (Å²) in [4.78, 5) is 11.6. The first-order chi connectivity index (χ1) is 7.79. The van der Waals surface area contributed by atoms with Crippen molar-refractivity contribution < 1.29 is 22.7 Å². The van der Waals surface area contributed by atoms with Gasteiger partial charge in [-0.3, -0.25) is 9.53 Å². The summed E-state index contributed by atoms with van der Waals surface area (Å²) < 4.78 is 40.3. The summed E-state index contributed by atoms with van der Waals surface area (Å²) in [6, 6.07) is 1.59. The van der Waals surface area contributed by atoms with Gasteiger partial charge in [-0.1, -0.05) is 13.8 Å². The number of nitrogens with zero attached hydrogens (tertiary/aromatic N) is 1. The summed E-state index contributed by atoms with van der Waals surface area (Å²) in [5.74, 6) is -0.155. The predicted octanol–water partition coefficient (Wildman–Crippen LogP) is 2.86. The van der Waals surface area contributed by atoms with Crippen molar-refractivity contribution >= 4 is 5.78 Å². The lowest BCUT2D eigenvalue weighted by molar-refractivity contribution is -0.325. The number of ketones is 1. The van der Waals surface area contributed by atoms with Crippen molar-refractivity contribution in [3.05, 3.63) is 24.0 Å². The van der Waals surface area contributed by atoms with Crippen molar-refractivity contribution in [1.29, 1.82) is 0 Å². The van der Waals surface area contributed by atoms with Gasteiger partial charge in [-0.15, -0.1) is 13.2 Å².